The van der Waals surface area contributed by atoms with Crippen LogP contribution in [-0.2, 0) is 9.53 Å². The molecule has 0 radical (unpaired) electrons. The average Bonchev–Trinajstić information content (AvgIpc) is 3.17. The van der Waals surface area contributed by atoms with Gasteiger partial charge in [0.15, 0.2) is 0 Å². The topological polar surface area (TPSA) is 70.7 Å². The van der Waals surface area contributed by atoms with Gasteiger partial charge in [-0.05, 0) is 55.2 Å². The van der Waals surface area contributed by atoms with Gasteiger partial charge in [-0.3, -0.25) is 9.59 Å². The van der Waals surface area contributed by atoms with Gasteiger partial charge in [-0.2, -0.15) is 0 Å². The first-order valence-corrected chi connectivity index (χ1v) is 11.2. The number of rotatable bonds is 10. The Balaban J connectivity index is 2.09. The fraction of sp³-hybridized carbons (Fsp3) is 0.667. The first-order valence-electron chi connectivity index (χ1n) is 11.2. The molecule has 168 valence electrons. The summed E-state index contributed by atoms with van der Waals surface area (Å²) in [7, 11) is 1.65. The number of amides is 2. The summed E-state index contributed by atoms with van der Waals surface area (Å²) in [5.74, 6) is 0.190. The van der Waals surface area contributed by atoms with E-state index in [4.69, 9.17) is 4.74 Å². The van der Waals surface area contributed by atoms with E-state index in [9.17, 15) is 9.59 Å². The lowest BCUT2D eigenvalue weighted by atomic mass is 9.84. The highest BCUT2D eigenvalue weighted by molar-refractivity contribution is 6.02. The standard InChI is InChI=1S/C24H39N3O3/c1-18(17-24(2,3)4)15-22(28)26-19-9-10-21(27-12-6-7-13-27)20(16-19)23(29)25-11-8-14-30-5/h9-10,16,18H,6-8,11-15,17H2,1-5H3,(H,25,29)(H,26,28)/t18-/m1/s1. The van der Waals surface area contributed by atoms with Gasteiger partial charge in [0.25, 0.3) is 5.91 Å². The van der Waals surface area contributed by atoms with Crippen LogP contribution in [0.5, 0.6) is 0 Å². The SMILES string of the molecule is COCCCNC(=O)c1cc(NC(=O)C[C@@H](C)CC(C)(C)C)ccc1N1CCCC1. The summed E-state index contributed by atoms with van der Waals surface area (Å²) >= 11 is 0. The molecule has 1 atom stereocenters. The Hall–Kier alpha value is -2.08. The van der Waals surface area contributed by atoms with E-state index in [1.54, 1.807) is 7.11 Å². The van der Waals surface area contributed by atoms with E-state index in [2.05, 4.69) is 43.2 Å². The van der Waals surface area contributed by atoms with Gasteiger partial charge in [-0.1, -0.05) is 27.7 Å². The maximum atomic E-state index is 12.9. The van der Waals surface area contributed by atoms with Crippen molar-refractivity contribution in [3.63, 3.8) is 0 Å². The van der Waals surface area contributed by atoms with E-state index in [1.165, 1.54) is 0 Å². The van der Waals surface area contributed by atoms with E-state index in [-0.39, 0.29) is 17.2 Å². The van der Waals surface area contributed by atoms with Crippen molar-refractivity contribution in [1.29, 1.82) is 0 Å². The fourth-order valence-corrected chi connectivity index (χ4v) is 4.19. The molecule has 0 aliphatic carbocycles. The maximum absolute atomic E-state index is 12.9. The van der Waals surface area contributed by atoms with Crippen molar-refractivity contribution in [2.75, 3.05) is 43.6 Å². The molecule has 6 nitrogen and oxygen atoms in total. The van der Waals surface area contributed by atoms with Crippen LogP contribution in [0, 0.1) is 11.3 Å². The summed E-state index contributed by atoms with van der Waals surface area (Å²) in [6, 6.07) is 5.68. The van der Waals surface area contributed by atoms with Crippen LogP contribution < -0.4 is 15.5 Å². The Kier molecular flexibility index (Phi) is 9.15. The van der Waals surface area contributed by atoms with Crippen LogP contribution in [0.15, 0.2) is 18.2 Å². The van der Waals surface area contributed by atoms with Gasteiger partial charge in [0.1, 0.15) is 0 Å². The summed E-state index contributed by atoms with van der Waals surface area (Å²) in [5.41, 5.74) is 2.43. The summed E-state index contributed by atoms with van der Waals surface area (Å²) < 4.78 is 5.05. The molecule has 6 heteroatoms. The number of hydrogen-bond acceptors (Lipinski definition) is 4. The fourth-order valence-electron chi connectivity index (χ4n) is 4.19. The average molecular weight is 418 g/mol. The largest absolute Gasteiger partial charge is 0.385 e. The molecular weight excluding hydrogens is 378 g/mol. The molecule has 0 bridgehead atoms. The molecule has 30 heavy (non-hydrogen) atoms. The quantitative estimate of drug-likeness (QED) is 0.552. The molecule has 0 aromatic heterocycles. The molecular formula is C24H39N3O3. The Bertz CT molecular complexity index is 706. The number of carbonyl (C=O) groups is 2. The van der Waals surface area contributed by atoms with E-state index in [1.807, 2.05) is 18.2 Å². The highest BCUT2D eigenvalue weighted by Gasteiger charge is 2.21. The van der Waals surface area contributed by atoms with E-state index < -0.39 is 0 Å². The van der Waals surface area contributed by atoms with Gasteiger partial charge in [-0.25, -0.2) is 0 Å². The van der Waals surface area contributed by atoms with Crippen LogP contribution in [0.3, 0.4) is 0 Å². The Morgan fingerprint density at radius 1 is 1.20 bits per heavy atom. The van der Waals surface area contributed by atoms with E-state index in [0.717, 1.165) is 44.5 Å². The van der Waals surface area contributed by atoms with Crippen molar-refractivity contribution in [2.24, 2.45) is 11.3 Å². The van der Waals surface area contributed by atoms with Crippen molar-refractivity contribution in [2.45, 2.75) is 59.8 Å². The molecule has 1 saturated heterocycles. The van der Waals surface area contributed by atoms with Gasteiger partial charge in [0.2, 0.25) is 5.91 Å². The number of methoxy groups -OCH3 is 1. The van der Waals surface area contributed by atoms with Crippen molar-refractivity contribution < 1.29 is 14.3 Å². The number of nitrogens with zero attached hydrogens (tertiary/aromatic N) is 1. The lowest BCUT2D eigenvalue weighted by molar-refractivity contribution is -0.117. The zero-order chi connectivity index (χ0) is 22.1. The second kappa shape index (κ2) is 11.3. The molecule has 1 heterocycles. The predicted octanol–water partition coefficient (Wildman–Crippen LogP) is 4.45. The van der Waals surface area contributed by atoms with E-state index >= 15 is 0 Å². The number of nitrogens with one attached hydrogen (secondary N) is 2. The normalized spacial score (nSPS) is 15.2. The molecule has 1 aromatic carbocycles. The molecule has 2 rings (SSSR count). The van der Waals surface area contributed by atoms with Crippen molar-refractivity contribution in [1.82, 2.24) is 5.32 Å². The molecule has 0 spiro atoms. The molecule has 0 unspecified atom stereocenters. The monoisotopic (exact) mass is 417 g/mol. The minimum atomic E-state index is -0.106. The zero-order valence-corrected chi connectivity index (χ0v) is 19.3. The van der Waals surface area contributed by atoms with Gasteiger partial charge in [-0.15, -0.1) is 0 Å². The molecule has 2 amide bonds. The van der Waals surface area contributed by atoms with Crippen LogP contribution in [0.1, 0.15) is 70.2 Å². The highest BCUT2D eigenvalue weighted by atomic mass is 16.5. The summed E-state index contributed by atoms with van der Waals surface area (Å²) in [6.07, 6.45) is 4.51. The van der Waals surface area contributed by atoms with Crippen molar-refractivity contribution >= 4 is 23.2 Å². The first kappa shape index (κ1) is 24.2. The lowest BCUT2D eigenvalue weighted by Crippen LogP contribution is -2.29. The van der Waals surface area contributed by atoms with Crippen LogP contribution >= 0.6 is 0 Å². The zero-order valence-electron chi connectivity index (χ0n) is 19.3. The third-order valence-corrected chi connectivity index (χ3v) is 5.28. The number of benzene rings is 1. The number of anilines is 2. The molecule has 2 N–H and O–H groups in total. The Morgan fingerprint density at radius 3 is 2.53 bits per heavy atom. The molecule has 0 saturated carbocycles. The second-order valence-corrected chi connectivity index (χ2v) is 9.65. The second-order valence-electron chi connectivity index (χ2n) is 9.65. The highest BCUT2D eigenvalue weighted by Crippen LogP contribution is 2.29. The number of carbonyl (C=O) groups excluding carboxylic acids is 2. The summed E-state index contributed by atoms with van der Waals surface area (Å²) in [4.78, 5) is 27.7. The number of ether oxygens (including phenoxy) is 1. The van der Waals surface area contributed by atoms with Crippen LogP contribution in [-0.4, -0.2) is 45.2 Å². The first-order chi connectivity index (χ1) is 14.2. The van der Waals surface area contributed by atoms with E-state index in [0.29, 0.717) is 36.7 Å². The van der Waals surface area contributed by atoms with Crippen LogP contribution in [0.25, 0.3) is 0 Å². The third-order valence-electron chi connectivity index (χ3n) is 5.28. The van der Waals surface area contributed by atoms with Gasteiger partial charge >= 0.3 is 0 Å². The summed E-state index contributed by atoms with van der Waals surface area (Å²) in [5, 5.41) is 5.97. The maximum Gasteiger partial charge on any atom is 0.253 e. The van der Waals surface area contributed by atoms with Gasteiger partial charge < -0.3 is 20.3 Å². The van der Waals surface area contributed by atoms with Crippen molar-refractivity contribution in [3.05, 3.63) is 23.8 Å². The third kappa shape index (κ3) is 7.98. The molecule has 1 aliphatic rings. The minimum absolute atomic E-state index is 0.00729. The van der Waals surface area contributed by atoms with Gasteiger partial charge in [0, 0.05) is 51.1 Å². The predicted molar refractivity (Wildman–Crippen MR) is 123 cm³/mol. The minimum Gasteiger partial charge on any atom is -0.385 e. The summed E-state index contributed by atoms with van der Waals surface area (Å²) in [6.45, 7) is 11.8. The van der Waals surface area contributed by atoms with Crippen LogP contribution in [0.2, 0.25) is 0 Å². The lowest BCUT2D eigenvalue weighted by Gasteiger charge is -2.23. The van der Waals surface area contributed by atoms with Crippen LogP contribution in [0.4, 0.5) is 11.4 Å². The molecule has 1 aromatic rings. The molecule has 1 fully saturated rings. The Morgan fingerprint density at radius 2 is 1.90 bits per heavy atom. The van der Waals surface area contributed by atoms with Gasteiger partial charge in [0.05, 0.1) is 5.56 Å². The number of hydrogen-bond donors (Lipinski definition) is 2. The smallest absolute Gasteiger partial charge is 0.253 e. The Labute approximate surface area is 181 Å². The molecule has 1 aliphatic heterocycles. The van der Waals surface area contributed by atoms with Crippen molar-refractivity contribution in [3.8, 4) is 0 Å².